The Morgan fingerprint density at radius 1 is 1.10 bits per heavy atom. The summed E-state index contributed by atoms with van der Waals surface area (Å²) >= 11 is 0. The zero-order valence-corrected chi connectivity index (χ0v) is 15.1. The quantitative estimate of drug-likeness (QED) is 0.556. The van der Waals surface area contributed by atoms with Crippen molar-refractivity contribution >= 4 is 22.5 Å². The third-order valence-electron chi connectivity index (χ3n) is 4.24. The first-order valence-corrected chi connectivity index (χ1v) is 8.59. The smallest absolute Gasteiger partial charge is 0.321 e. The highest BCUT2D eigenvalue weighted by atomic mass is 19.4. The number of rotatable bonds is 3. The van der Waals surface area contributed by atoms with Gasteiger partial charge >= 0.3 is 6.18 Å². The Bertz CT molecular complexity index is 1200. The maximum absolute atomic E-state index is 13.8. The molecule has 0 atom stereocenters. The number of hydrogen-bond donors (Lipinski definition) is 1. The molecule has 4 aromatic rings. The summed E-state index contributed by atoms with van der Waals surface area (Å²) in [6.07, 6.45) is -2.57. The van der Waals surface area contributed by atoms with E-state index in [0.717, 1.165) is 6.20 Å². The number of carbonyl (C=O) groups is 1. The van der Waals surface area contributed by atoms with Gasteiger partial charge in [0, 0.05) is 17.3 Å². The minimum Gasteiger partial charge on any atom is -0.321 e. The van der Waals surface area contributed by atoms with E-state index in [2.05, 4.69) is 20.4 Å². The van der Waals surface area contributed by atoms with Gasteiger partial charge < -0.3 is 5.32 Å². The van der Waals surface area contributed by atoms with E-state index in [-0.39, 0.29) is 5.82 Å². The highest BCUT2D eigenvalue weighted by Crippen LogP contribution is 2.34. The third-order valence-corrected chi connectivity index (χ3v) is 4.24. The molecule has 0 spiro atoms. The predicted molar refractivity (Wildman–Crippen MR) is 101 cm³/mol. The topological polar surface area (TPSA) is 72.7 Å². The molecule has 0 radical (unpaired) electrons. The molecule has 0 aliphatic carbocycles. The number of aryl methyl sites for hydroxylation is 1. The lowest BCUT2D eigenvalue weighted by atomic mass is 10.1. The Hall–Kier alpha value is -3.75. The molecule has 1 N–H and O–H groups in total. The fourth-order valence-corrected chi connectivity index (χ4v) is 3.04. The maximum atomic E-state index is 13.8. The van der Waals surface area contributed by atoms with Gasteiger partial charge in [-0.25, -0.2) is 9.67 Å². The van der Waals surface area contributed by atoms with E-state index in [1.54, 1.807) is 43.3 Å². The SMILES string of the molecule is Cc1cc(NC(=O)c2cnn(-c3ccccn3)c2C(F)(F)F)c2ccccc2n1. The lowest BCUT2D eigenvalue weighted by Crippen LogP contribution is -2.21. The first kappa shape index (κ1) is 18.6. The molecular formula is C20H14F3N5O. The van der Waals surface area contributed by atoms with Crippen molar-refractivity contribution in [3.63, 3.8) is 0 Å². The number of hydrogen-bond acceptors (Lipinski definition) is 4. The Morgan fingerprint density at radius 3 is 2.59 bits per heavy atom. The van der Waals surface area contributed by atoms with E-state index in [4.69, 9.17) is 0 Å². The highest BCUT2D eigenvalue weighted by molar-refractivity contribution is 6.09. The Labute approximate surface area is 163 Å². The van der Waals surface area contributed by atoms with Gasteiger partial charge in [-0.05, 0) is 31.2 Å². The van der Waals surface area contributed by atoms with Crippen LogP contribution in [0.15, 0.2) is 60.9 Å². The Morgan fingerprint density at radius 2 is 1.86 bits per heavy atom. The van der Waals surface area contributed by atoms with E-state index >= 15 is 0 Å². The van der Waals surface area contributed by atoms with Crippen LogP contribution in [-0.2, 0) is 6.18 Å². The largest absolute Gasteiger partial charge is 0.434 e. The molecule has 0 unspecified atom stereocenters. The van der Waals surface area contributed by atoms with Gasteiger partial charge in [-0.3, -0.25) is 9.78 Å². The van der Waals surface area contributed by atoms with Crippen LogP contribution in [0.2, 0.25) is 0 Å². The summed E-state index contributed by atoms with van der Waals surface area (Å²) in [7, 11) is 0. The van der Waals surface area contributed by atoms with Crippen LogP contribution in [0, 0.1) is 6.92 Å². The summed E-state index contributed by atoms with van der Waals surface area (Å²) in [6, 6.07) is 13.1. The summed E-state index contributed by atoms with van der Waals surface area (Å²) in [5, 5.41) is 6.95. The first-order chi connectivity index (χ1) is 13.8. The van der Waals surface area contributed by atoms with Gasteiger partial charge in [0.1, 0.15) is 0 Å². The van der Waals surface area contributed by atoms with Crippen LogP contribution >= 0.6 is 0 Å². The number of halogens is 3. The molecule has 29 heavy (non-hydrogen) atoms. The second kappa shape index (κ2) is 7.01. The minimum atomic E-state index is -4.81. The van der Waals surface area contributed by atoms with Crippen molar-refractivity contribution in [2.24, 2.45) is 0 Å². The van der Waals surface area contributed by atoms with Crippen LogP contribution in [0.5, 0.6) is 0 Å². The predicted octanol–water partition coefficient (Wildman–Crippen LogP) is 4.40. The molecule has 146 valence electrons. The molecule has 0 bridgehead atoms. The molecule has 3 aromatic heterocycles. The Balaban J connectivity index is 1.78. The number of fused-ring (bicyclic) bond motifs is 1. The van der Waals surface area contributed by atoms with E-state index in [1.807, 2.05) is 0 Å². The highest BCUT2D eigenvalue weighted by Gasteiger charge is 2.41. The molecule has 4 rings (SSSR count). The van der Waals surface area contributed by atoms with Gasteiger partial charge in [0.05, 0.1) is 23.0 Å². The van der Waals surface area contributed by atoms with Crippen LogP contribution in [0.4, 0.5) is 18.9 Å². The number of nitrogens with zero attached hydrogens (tertiary/aromatic N) is 4. The van der Waals surface area contributed by atoms with Crippen molar-refractivity contribution in [2.45, 2.75) is 13.1 Å². The van der Waals surface area contributed by atoms with Gasteiger partial charge in [-0.2, -0.15) is 18.3 Å². The second-order valence-electron chi connectivity index (χ2n) is 6.29. The number of benzene rings is 1. The zero-order valence-electron chi connectivity index (χ0n) is 15.1. The molecule has 0 aliphatic rings. The summed E-state index contributed by atoms with van der Waals surface area (Å²) in [4.78, 5) is 21.0. The van der Waals surface area contributed by atoms with E-state index in [1.165, 1.54) is 18.3 Å². The summed E-state index contributed by atoms with van der Waals surface area (Å²) in [5.74, 6) is -0.959. The average Bonchev–Trinajstić information content (AvgIpc) is 3.14. The van der Waals surface area contributed by atoms with E-state index in [0.29, 0.717) is 27.0 Å². The van der Waals surface area contributed by atoms with Crippen LogP contribution < -0.4 is 5.32 Å². The standard InChI is InChI=1S/C20H14F3N5O/c1-12-10-16(13-6-2-3-7-15(13)26-12)27-19(29)14-11-25-28(18(14)20(21,22)23)17-8-4-5-9-24-17/h2-11H,1H3,(H,26,27,29). The molecule has 1 aromatic carbocycles. The number of aromatic nitrogens is 4. The molecule has 3 heterocycles. The fraction of sp³-hybridized carbons (Fsp3) is 0.100. The average molecular weight is 397 g/mol. The molecule has 0 fully saturated rings. The molecule has 9 heteroatoms. The van der Waals surface area contributed by atoms with Crippen molar-refractivity contribution in [3.8, 4) is 5.82 Å². The van der Waals surface area contributed by atoms with Crippen molar-refractivity contribution in [1.29, 1.82) is 0 Å². The van der Waals surface area contributed by atoms with E-state index < -0.39 is 23.3 Å². The Kier molecular flexibility index (Phi) is 4.50. The molecule has 0 saturated carbocycles. The molecular weight excluding hydrogens is 383 g/mol. The lowest BCUT2D eigenvalue weighted by molar-refractivity contribution is -0.143. The van der Waals surface area contributed by atoms with Crippen LogP contribution in [0.25, 0.3) is 16.7 Å². The normalized spacial score (nSPS) is 11.6. The summed E-state index contributed by atoms with van der Waals surface area (Å²) < 4.78 is 41.9. The van der Waals surface area contributed by atoms with Gasteiger partial charge in [0.2, 0.25) is 0 Å². The van der Waals surface area contributed by atoms with E-state index in [9.17, 15) is 18.0 Å². The molecule has 6 nitrogen and oxygen atoms in total. The monoisotopic (exact) mass is 397 g/mol. The van der Waals surface area contributed by atoms with Gasteiger partial charge in [-0.1, -0.05) is 24.3 Å². The summed E-state index contributed by atoms with van der Waals surface area (Å²) in [6.45, 7) is 1.74. The van der Waals surface area contributed by atoms with Crippen LogP contribution in [-0.4, -0.2) is 25.7 Å². The second-order valence-corrected chi connectivity index (χ2v) is 6.29. The number of para-hydroxylation sites is 1. The molecule has 0 aliphatic heterocycles. The van der Waals surface area contributed by atoms with Gasteiger partial charge in [-0.15, -0.1) is 0 Å². The maximum Gasteiger partial charge on any atom is 0.434 e. The van der Waals surface area contributed by atoms with Crippen molar-refractivity contribution in [3.05, 3.63) is 77.9 Å². The number of pyridine rings is 2. The van der Waals surface area contributed by atoms with Crippen molar-refractivity contribution in [2.75, 3.05) is 5.32 Å². The van der Waals surface area contributed by atoms with Crippen LogP contribution in [0.1, 0.15) is 21.7 Å². The van der Waals surface area contributed by atoms with Crippen LogP contribution in [0.3, 0.4) is 0 Å². The first-order valence-electron chi connectivity index (χ1n) is 8.59. The van der Waals surface area contributed by atoms with Gasteiger partial charge in [0.25, 0.3) is 5.91 Å². The lowest BCUT2D eigenvalue weighted by Gasteiger charge is -2.13. The number of nitrogens with one attached hydrogen (secondary N) is 1. The van der Waals surface area contributed by atoms with Gasteiger partial charge in [0.15, 0.2) is 11.5 Å². The zero-order chi connectivity index (χ0) is 20.6. The molecule has 1 amide bonds. The third kappa shape index (κ3) is 3.54. The number of amides is 1. The van der Waals surface area contributed by atoms with Crippen molar-refractivity contribution < 1.29 is 18.0 Å². The number of carbonyl (C=O) groups excluding carboxylic acids is 1. The minimum absolute atomic E-state index is 0.0379. The number of alkyl halides is 3. The number of anilines is 1. The fourth-order valence-electron chi connectivity index (χ4n) is 3.04. The molecule has 0 saturated heterocycles. The summed E-state index contributed by atoms with van der Waals surface area (Å²) in [5.41, 5.74) is -0.162. The van der Waals surface area contributed by atoms with Crippen molar-refractivity contribution in [1.82, 2.24) is 19.7 Å².